The highest BCUT2D eigenvalue weighted by atomic mass is 16.5. The molecule has 0 saturated heterocycles. The molecular weight excluding hydrogens is 230 g/mol. The first-order valence-electron chi connectivity index (χ1n) is 5.74. The van der Waals surface area contributed by atoms with Gasteiger partial charge in [-0.25, -0.2) is 0 Å². The molecule has 0 radical (unpaired) electrons. The number of phenols is 1. The number of methoxy groups -OCH3 is 1. The van der Waals surface area contributed by atoms with E-state index >= 15 is 0 Å². The van der Waals surface area contributed by atoms with Crippen LogP contribution in [0.1, 0.15) is 11.3 Å². The molecule has 2 aromatic rings. The van der Waals surface area contributed by atoms with Crippen molar-refractivity contribution in [2.45, 2.75) is 13.1 Å². The molecule has 0 unspecified atom stereocenters. The maximum atomic E-state index is 9.80. The van der Waals surface area contributed by atoms with Crippen LogP contribution >= 0.6 is 0 Å². The van der Waals surface area contributed by atoms with Crippen LogP contribution in [0.5, 0.6) is 11.5 Å². The van der Waals surface area contributed by atoms with Gasteiger partial charge >= 0.3 is 0 Å². The van der Waals surface area contributed by atoms with Gasteiger partial charge in [0.25, 0.3) is 0 Å². The SMILES string of the molecule is COc1ccc(CNCc2ccnn2C)c(O)c1. The summed E-state index contributed by atoms with van der Waals surface area (Å²) >= 11 is 0. The van der Waals surface area contributed by atoms with Crippen LogP contribution < -0.4 is 10.1 Å². The minimum atomic E-state index is 0.242. The molecule has 0 atom stereocenters. The zero-order chi connectivity index (χ0) is 13.0. The van der Waals surface area contributed by atoms with Gasteiger partial charge in [-0.15, -0.1) is 0 Å². The van der Waals surface area contributed by atoms with Crippen LogP contribution in [0.3, 0.4) is 0 Å². The highest BCUT2D eigenvalue weighted by molar-refractivity contribution is 5.39. The minimum absolute atomic E-state index is 0.242. The van der Waals surface area contributed by atoms with Crippen molar-refractivity contribution in [2.24, 2.45) is 7.05 Å². The second-order valence-electron chi connectivity index (χ2n) is 4.04. The minimum Gasteiger partial charge on any atom is -0.507 e. The van der Waals surface area contributed by atoms with Gasteiger partial charge in [0.1, 0.15) is 11.5 Å². The van der Waals surface area contributed by atoms with Crippen molar-refractivity contribution in [3.63, 3.8) is 0 Å². The van der Waals surface area contributed by atoms with E-state index in [9.17, 15) is 5.11 Å². The fourth-order valence-electron chi connectivity index (χ4n) is 1.72. The summed E-state index contributed by atoms with van der Waals surface area (Å²) in [6.07, 6.45) is 1.77. The fourth-order valence-corrected chi connectivity index (χ4v) is 1.72. The molecule has 0 spiro atoms. The quantitative estimate of drug-likeness (QED) is 0.839. The number of benzene rings is 1. The molecule has 96 valence electrons. The third-order valence-electron chi connectivity index (χ3n) is 2.84. The number of nitrogens with one attached hydrogen (secondary N) is 1. The number of hydrogen-bond donors (Lipinski definition) is 2. The van der Waals surface area contributed by atoms with E-state index < -0.39 is 0 Å². The van der Waals surface area contributed by atoms with E-state index in [4.69, 9.17) is 4.74 Å². The summed E-state index contributed by atoms with van der Waals surface area (Å²) in [6, 6.07) is 7.26. The number of aromatic nitrogens is 2. The van der Waals surface area contributed by atoms with E-state index in [1.807, 2.05) is 29.9 Å². The summed E-state index contributed by atoms with van der Waals surface area (Å²) in [4.78, 5) is 0. The van der Waals surface area contributed by atoms with Gasteiger partial charge in [0.15, 0.2) is 0 Å². The maximum Gasteiger partial charge on any atom is 0.123 e. The Morgan fingerprint density at radius 2 is 2.17 bits per heavy atom. The average molecular weight is 247 g/mol. The molecule has 0 amide bonds. The fraction of sp³-hybridized carbons (Fsp3) is 0.308. The van der Waals surface area contributed by atoms with Gasteiger partial charge in [-0.2, -0.15) is 5.10 Å². The molecule has 1 aromatic carbocycles. The Hall–Kier alpha value is -2.01. The van der Waals surface area contributed by atoms with Crippen LogP contribution in [-0.2, 0) is 20.1 Å². The standard InChI is InChI=1S/C13H17N3O2/c1-16-11(5-6-15-16)9-14-8-10-3-4-12(18-2)7-13(10)17/h3-7,14,17H,8-9H2,1-2H3. The van der Waals surface area contributed by atoms with E-state index in [0.29, 0.717) is 18.8 Å². The number of hydrogen-bond acceptors (Lipinski definition) is 4. The smallest absolute Gasteiger partial charge is 0.123 e. The molecule has 0 aliphatic carbocycles. The van der Waals surface area contributed by atoms with E-state index in [2.05, 4.69) is 10.4 Å². The van der Waals surface area contributed by atoms with Crippen molar-refractivity contribution < 1.29 is 9.84 Å². The predicted molar refractivity (Wildman–Crippen MR) is 68.4 cm³/mol. The molecule has 18 heavy (non-hydrogen) atoms. The number of rotatable bonds is 5. The maximum absolute atomic E-state index is 9.80. The highest BCUT2D eigenvalue weighted by Crippen LogP contribution is 2.23. The highest BCUT2D eigenvalue weighted by Gasteiger charge is 2.03. The van der Waals surface area contributed by atoms with Crippen LogP contribution in [0.4, 0.5) is 0 Å². The molecule has 2 rings (SSSR count). The summed E-state index contributed by atoms with van der Waals surface area (Å²) in [6.45, 7) is 1.31. The number of aryl methyl sites for hydroxylation is 1. The zero-order valence-electron chi connectivity index (χ0n) is 10.6. The molecule has 0 saturated carbocycles. The topological polar surface area (TPSA) is 59.3 Å². The van der Waals surface area contributed by atoms with Gasteiger partial charge in [-0.1, -0.05) is 6.07 Å². The molecule has 0 bridgehead atoms. The summed E-state index contributed by atoms with van der Waals surface area (Å²) in [5.74, 6) is 0.898. The van der Waals surface area contributed by atoms with Crippen molar-refractivity contribution in [1.82, 2.24) is 15.1 Å². The number of ether oxygens (including phenoxy) is 1. The lowest BCUT2D eigenvalue weighted by Gasteiger charge is -2.08. The lowest BCUT2D eigenvalue weighted by Crippen LogP contribution is -2.15. The average Bonchev–Trinajstić information content (AvgIpc) is 2.77. The largest absolute Gasteiger partial charge is 0.507 e. The van der Waals surface area contributed by atoms with Crippen molar-refractivity contribution >= 4 is 0 Å². The second-order valence-corrected chi connectivity index (χ2v) is 4.04. The number of phenolic OH excluding ortho intramolecular Hbond substituents is 1. The Morgan fingerprint density at radius 1 is 1.33 bits per heavy atom. The van der Waals surface area contributed by atoms with Gasteiger partial charge in [-0.05, 0) is 12.1 Å². The number of aromatic hydroxyl groups is 1. The van der Waals surface area contributed by atoms with Gasteiger partial charge in [0, 0.05) is 38.0 Å². The van der Waals surface area contributed by atoms with Gasteiger partial charge in [0.2, 0.25) is 0 Å². The summed E-state index contributed by atoms with van der Waals surface area (Å²) < 4.78 is 6.86. The van der Waals surface area contributed by atoms with Gasteiger partial charge < -0.3 is 15.2 Å². The summed E-state index contributed by atoms with van der Waals surface area (Å²) in [5.41, 5.74) is 1.95. The Labute approximate surface area is 106 Å². The summed E-state index contributed by atoms with van der Waals surface area (Å²) in [7, 11) is 3.48. The van der Waals surface area contributed by atoms with Crippen LogP contribution in [0, 0.1) is 0 Å². The molecule has 0 fully saturated rings. The molecule has 2 N–H and O–H groups in total. The molecule has 1 heterocycles. The molecular formula is C13H17N3O2. The lowest BCUT2D eigenvalue weighted by molar-refractivity contribution is 0.406. The molecule has 5 heteroatoms. The molecule has 0 aliphatic heterocycles. The lowest BCUT2D eigenvalue weighted by atomic mass is 10.2. The van der Waals surface area contributed by atoms with E-state index in [-0.39, 0.29) is 5.75 Å². The monoisotopic (exact) mass is 247 g/mol. The zero-order valence-corrected chi connectivity index (χ0v) is 10.6. The van der Waals surface area contributed by atoms with Crippen molar-refractivity contribution in [3.8, 4) is 11.5 Å². The first kappa shape index (κ1) is 12.4. The molecule has 5 nitrogen and oxygen atoms in total. The Kier molecular flexibility index (Phi) is 3.84. The van der Waals surface area contributed by atoms with Crippen molar-refractivity contribution in [3.05, 3.63) is 41.7 Å². The Morgan fingerprint density at radius 3 is 2.78 bits per heavy atom. The molecule has 1 aromatic heterocycles. The van der Waals surface area contributed by atoms with Crippen LogP contribution in [0.25, 0.3) is 0 Å². The first-order valence-corrected chi connectivity index (χ1v) is 5.74. The van der Waals surface area contributed by atoms with E-state index in [1.54, 1.807) is 19.4 Å². The van der Waals surface area contributed by atoms with E-state index in [0.717, 1.165) is 11.3 Å². The number of nitrogens with zero attached hydrogens (tertiary/aromatic N) is 2. The Balaban J connectivity index is 1.92. The van der Waals surface area contributed by atoms with Crippen LogP contribution in [0.15, 0.2) is 30.5 Å². The third kappa shape index (κ3) is 2.81. The summed E-state index contributed by atoms with van der Waals surface area (Å²) in [5, 5.41) is 17.2. The van der Waals surface area contributed by atoms with Gasteiger partial charge in [0.05, 0.1) is 12.8 Å². The normalized spacial score (nSPS) is 10.6. The van der Waals surface area contributed by atoms with Crippen LogP contribution in [-0.4, -0.2) is 22.0 Å². The Bertz CT molecular complexity index is 523. The predicted octanol–water partition coefficient (Wildman–Crippen LogP) is 1.42. The molecule has 0 aliphatic rings. The first-order chi connectivity index (χ1) is 8.70. The van der Waals surface area contributed by atoms with Crippen molar-refractivity contribution in [1.29, 1.82) is 0 Å². The van der Waals surface area contributed by atoms with E-state index in [1.165, 1.54) is 0 Å². The van der Waals surface area contributed by atoms with Crippen LogP contribution in [0.2, 0.25) is 0 Å². The second kappa shape index (κ2) is 5.55. The van der Waals surface area contributed by atoms with Gasteiger partial charge in [-0.3, -0.25) is 4.68 Å². The third-order valence-corrected chi connectivity index (χ3v) is 2.84. The van der Waals surface area contributed by atoms with Crippen molar-refractivity contribution in [2.75, 3.05) is 7.11 Å².